The fraction of sp³-hybridized carbons (Fsp3) is 0.0690. The molecule has 3 N–H and O–H groups in total. The number of halogens is 2. The van der Waals surface area contributed by atoms with Crippen LogP contribution in [0.2, 0.25) is 0 Å². The minimum Gasteiger partial charge on any atom is -0.335 e. The van der Waals surface area contributed by atoms with Gasteiger partial charge in [-0.1, -0.05) is 30.3 Å². The van der Waals surface area contributed by atoms with Gasteiger partial charge in [0.25, 0.3) is 0 Å². The molecule has 0 bridgehead atoms. The molecule has 6 heterocycles. The minimum absolute atomic E-state index is 0.202. The van der Waals surface area contributed by atoms with Gasteiger partial charge in [0.05, 0.1) is 10.9 Å². The van der Waals surface area contributed by atoms with Gasteiger partial charge in [-0.25, -0.2) is 19.3 Å². The molecule has 0 amide bonds. The molecule has 11 heteroatoms. The van der Waals surface area contributed by atoms with Crippen molar-refractivity contribution in [1.82, 2.24) is 40.4 Å². The van der Waals surface area contributed by atoms with Crippen molar-refractivity contribution < 1.29 is 8.78 Å². The van der Waals surface area contributed by atoms with Crippen LogP contribution in [0.1, 0.15) is 11.1 Å². The van der Waals surface area contributed by atoms with Gasteiger partial charge in [0.15, 0.2) is 22.2 Å². The van der Waals surface area contributed by atoms with Crippen LogP contribution in [0.15, 0.2) is 79.4 Å². The van der Waals surface area contributed by atoms with Crippen molar-refractivity contribution in [2.45, 2.75) is 13.1 Å². The SMILES string of the molecule is Fc1ccc(-c2ccnc3nc(-c4[nH]nc5ncc(-c6cncc(CNCc7ccccc7)c6)c(F)c45)[nH]c23)s1. The van der Waals surface area contributed by atoms with Crippen molar-refractivity contribution >= 4 is 33.5 Å². The normalized spacial score (nSPS) is 11.6. The quantitative estimate of drug-likeness (QED) is 0.216. The van der Waals surface area contributed by atoms with Crippen LogP contribution >= 0.6 is 11.3 Å². The number of hydrogen-bond donors (Lipinski definition) is 3. The van der Waals surface area contributed by atoms with Crippen molar-refractivity contribution in [1.29, 1.82) is 0 Å². The van der Waals surface area contributed by atoms with E-state index < -0.39 is 5.82 Å². The molecule has 6 aromatic heterocycles. The van der Waals surface area contributed by atoms with Crippen LogP contribution in [0, 0.1) is 10.9 Å². The van der Waals surface area contributed by atoms with Crippen LogP contribution in [0.25, 0.3) is 55.3 Å². The lowest BCUT2D eigenvalue weighted by Gasteiger charge is -2.08. The van der Waals surface area contributed by atoms with Gasteiger partial charge < -0.3 is 10.3 Å². The van der Waals surface area contributed by atoms with Crippen LogP contribution in [0.4, 0.5) is 8.78 Å². The average molecular weight is 551 g/mol. The molecular formula is C29H20F2N8S. The van der Waals surface area contributed by atoms with Crippen LogP contribution in [0.5, 0.6) is 0 Å². The number of pyridine rings is 3. The summed E-state index contributed by atoms with van der Waals surface area (Å²) in [5.74, 6) is -0.136. The highest BCUT2D eigenvalue weighted by Crippen LogP contribution is 2.35. The molecule has 0 aliphatic rings. The van der Waals surface area contributed by atoms with Gasteiger partial charge in [0.2, 0.25) is 0 Å². The van der Waals surface area contributed by atoms with Gasteiger partial charge in [-0.3, -0.25) is 10.1 Å². The number of hydrogen-bond acceptors (Lipinski definition) is 7. The zero-order valence-electron chi connectivity index (χ0n) is 20.8. The van der Waals surface area contributed by atoms with Crippen molar-refractivity contribution in [3.05, 3.63) is 101 Å². The molecule has 0 aliphatic carbocycles. The van der Waals surface area contributed by atoms with Crippen molar-refractivity contribution in [3.8, 4) is 33.1 Å². The van der Waals surface area contributed by atoms with E-state index in [0.717, 1.165) is 27.3 Å². The summed E-state index contributed by atoms with van der Waals surface area (Å²) in [4.78, 5) is 21.6. The van der Waals surface area contributed by atoms with Crippen LogP contribution in [-0.4, -0.2) is 35.1 Å². The van der Waals surface area contributed by atoms with Crippen molar-refractivity contribution in [2.75, 3.05) is 0 Å². The second-order valence-electron chi connectivity index (χ2n) is 9.20. The van der Waals surface area contributed by atoms with E-state index in [-0.39, 0.29) is 16.2 Å². The van der Waals surface area contributed by atoms with E-state index in [0.29, 0.717) is 46.9 Å². The molecule has 196 valence electrons. The van der Waals surface area contributed by atoms with Gasteiger partial charge in [0, 0.05) is 59.4 Å². The third-order valence-electron chi connectivity index (χ3n) is 6.59. The molecule has 7 rings (SSSR count). The molecule has 1 aromatic carbocycles. The molecule has 7 aromatic rings. The third kappa shape index (κ3) is 4.40. The van der Waals surface area contributed by atoms with E-state index in [2.05, 4.69) is 52.6 Å². The summed E-state index contributed by atoms with van der Waals surface area (Å²) in [5, 5.41) is 10.4. The van der Waals surface area contributed by atoms with E-state index in [9.17, 15) is 4.39 Å². The molecular weight excluding hydrogens is 530 g/mol. The van der Waals surface area contributed by atoms with Crippen LogP contribution in [-0.2, 0) is 13.1 Å². The molecule has 40 heavy (non-hydrogen) atoms. The number of rotatable bonds is 7. The first kappa shape index (κ1) is 24.2. The smallest absolute Gasteiger partial charge is 0.184 e. The zero-order valence-corrected chi connectivity index (χ0v) is 21.6. The topological polar surface area (TPSA) is 108 Å². The lowest BCUT2D eigenvalue weighted by molar-refractivity contribution is 0.642. The summed E-state index contributed by atoms with van der Waals surface area (Å²) in [6, 6.07) is 16.9. The summed E-state index contributed by atoms with van der Waals surface area (Å²) in [6.07, 6.45) is 6.45. The lowest BCUT2D eigenvalue weighted by atomic mass is 10.1. The first-order valence-corrected chi connectivity index (χ1v) is 13.3. The van der Waals surface area contributed by atoms with Crippen LogP contribution < -0.4 is 5.32 Å². The average Bonchev–Trinajstić information content (AvgIpc) is 3.72. The molecule has 0 unspecified atom stereocenters. The van der Waals surface area contributed by atoms with Gasteiger partial charge in [-0.15, -0.1) is 11.3 Å². The number of benzene rings is 1. The van der Waals surface area contributed by atoms with E-state index in [1.165, 1.54) is 17.8 Å². The zero-order chi connectivity index (χ0) is 27.1. The van der Waals surface area contributed by atoms with Gasteiger partial charge >= 0.3 is 0 Å². The number of fused-ring (bicyclic) bond motifs is 2. The fourth-order valence-electron chi connectivity index (χ4n) is 4.70. The second-order valence-corrected chi connectivity index (χ2v) is 10.2. The minimum atomic E-state index is -0.487. The Labute approximate surface area is 230 Å². The van der Waals surface area contributed by atoms with Gasteiger partial charge in [-0.2, -0.15) is 9.49 Å². The Morgan fingerprint density at radius 2 is 1.73 bits per heavy atom. The van der Waals surface area contributed by atoms with Crippen LogP contribution in [0.3, 0.4) is 0 Å². The Kier molecular flexibility index (Phi) is 6.06. The molecule has 0 radical (unpaired) electrons. The Hall–Kier alpha value is -4.87. The second kappa shape index (κ2) is 10.0. The summed E-state index contributed by atoms with van der Waals surface area (Å²) >= 11 is 1.03. The Balaban J connectivity index is 1.23. The predicted molar refractivity (Wildman–Crippen MR) is 150 cm³/mol. The highest BCUT2D eigenvalue weighted by molar-refractivity contribution is 7.14. The van der Waals surface area contributed by atoms with Crippen molar-refractivity contribution in [2.24, 2.45) is 0 Å². The molecule has 0 saturated heterocycles. The maximum absolute atomic E-state index is 16.1. The largest absolute Gasteiger partial charge is 0.335 e. The molecule has 0 aliphatic heterocycles. The Morgan fingerprint density at radius 3 is 2.58 bits per heavy atom. The van der Waals surface area contributed by atoms with E-state index in [1.54, 1.807) is 30.7 Å². The van der Waals surface area contributed by atoms with E-state index in [1.807, 2.05) is 24.3 Å². The van der Waals surface area contributed by atoms with E-state index >= 15 is 4.39 Å². The molecule has 0 saturated carbocycles. The number of nitrogens with zero attached hydrogens (tertiary/aromatic N) is 5. The molecule has 0 fully saturated rings. The molecule has 0 atom stereocenters. The fourth-order valence-corrected chi connectivity index (χ4v) is 5.46. The number of aromatic amines is 2. The lowest BCUT2D eigenvalue weighted by Crippen LogP contribution is -2.12. The number of imidazole rings is 1. The number of nitrogens with one attached hydrogen (secondary N) is 3. The molecule has 0 spiro atoms. The highest BCUT2D eigenvalue weighted by atomic mass is 32.1. The van der Waals surface area contributed by atoms with Gasteiger partial charge in [0.1, 0.15) is 11.5 Å². The van der Waals surface area contributed by atoms with E-state index in [4.69, 9.17) is 0 Å². The predicted octanol–water partition coefficient (Wildman–Crippen LogP) is 6.25. The maximum atomic E-state index is 16.1. The summed E-state index contributed by atoms with van der Waals surface area (Å²) in [7, 11) is 0. The number of aromatic nitrogens is 7. The summed E-state index contributed by atoms with van der Waals surface area (Å²) in [5.41, 5.74) is 5.36. The summed E-state index contributed by atoms with van der Waals surface area (Å²) < 4.78 is 29.8. The Bertz CT molecular complexity index is 1980. The van der Waals surface area contributed by atoms with Crippen molar-refractivity contribution in [3.63, 3.8) is 0 Å². The first-order chi connectivity index (χ1) is 19.6. The van der Waals surface area contributed by atoms with Gasteiger partial charge in [-0.05, 0) is 35.4 Å². The number of thiophene rings is 1. The first-order valence-electron chi connectivity index (χ1n) is 12.5. The Morgan fingerprint density at radius 1 is 0.850 bits per heavy atom. The number of H-pyrrole nitrogens is 2. The third-order valence-corrected chi connectivity index (χ3v) is 7.50. The standard InChI is InChI=1S/C29H20F2N8S/c30-22-7-6-21(40-22)19-8-9-34-28-25(19)36-29(37-28)26-23-24(31)20(15-35-27(23)39-38-26)18-10-17(13-33-14-18)12-32-11-16-4-2-1-3-5-16/h1-10,13-15,32H,11-12H2,(H,34,36,37)(H,35,38,39). The maximum Gasteiger partial charge on any atom is 0.184 e. The summed E-state index contributed by atoms with van der Waals surface area (Å²) in [6.45, 7) is 1.28. The highest BCUT2D eigenvalue weighted by Gasteiger charge is 2.21. The molecule has 8 nitrogen and oxygen atoms in total. The monoisotopic (exact) mass is 550 g/mol.